The van der Waals surface area contributed by atoms with Gasteiger partial charge in [-0.15, -0.1) is 0 Å². The van der Waals surface area contributed by atoms with Crippen LogP contribution in [0.2, 0.25) is 0 Å². The molecule has 0 atom stereocenters. The van der Waals surface area contributed by atoms with Gasteiger partial charge in [0, 0.05) is 6.42 Å². The Labute approximate surface area is 105 Å². The highest BCUT2D eigenvalue weighted by Gasteiger charge is 2.08. The summed E-state index contributed by atoms with van der Waals surface area (Å²) in [6, 6.07) is 0. The highest BCUT2D eigenvalue weighted by Crippen LogP contribution is 2.26. The van der Waals surface area contributed by atoms with E-state index < -0.39 is 5.97 Å². The van der Waals surface area contributed by atoms with Crippen LogP contribution in [0.4, 0.5) is 0 Å². The summed E-state index contributed by atoms with van der Waals surface area (Å²) < 4.78 is 4.92. The lowest BCUT2D eigenvalue weighted by Gasteiger charge is -1.96. The van der Waals surface area contributed by atoms with E-state index in [4.69, 9.17) is 5.11 Å². The molecule has 2 aromatic rings. The molecule has 88 valence electrons. The van der Waals surface area contributed by atoms with E-state index in [1.807, 2.05) is 6.92 Å². The van der Waals surface area contributed by atoms with Crippen molar-refractivity contribution >= 4 is 29.3 Å². The van der Waals surface area contributed by atoms with Gasteiger partial charge in [0.25, 0.3) is 0 Å². The molecule has 0 aromatic carbocycles. The van der Waals surface area contributed by atoms with E-state index >= 15 is 0 Å². The van der Waals surface area contributed by atoms with Gasteiger partial charge < -0.3 is 5.11 Å². The lowest BCUT2D eigenvalue weighted by atomic mass is 10.5. The van der Waals surface area contributed by atoms with Gasteiger partial charge in [-0.25, -0.2) is 19.7 Å². The fourth-order valence-corrected chi connectivity index (χ4v) is 2.55. The molecule has 0 spiro atoms. The number of carbonyl (C=O) groups is 1. The first-order valence-corrected chi connectivity index (χ1v) is 6.34. The number of carboxylic acid groups (broad SMARTS) is 1. The SMILES string of the molecule is CCc1nsc(Sc2cnc(C(=O)O)cn2)n1. The highest BCUT2D eigenvalue weighted by atomic mass is 32.2. The predicted octanol–water partition coefficient (Wildman–Crippen LogP) is 1.74. The van der Waals surface area contributed by atoms with Gasteiger partial charge in [-0.05, 0) is 23.3 Å². The quantitative estimate of drug-likeness (QED) is 0.903. The number of nitrogens with zero attached hydrogens (tertiary/aromatic N) is 4. The molecule has 0 bridgehead atoms. The summed E-state index contributed by atoms with van der Waals surface area (Å²) in [5, 5.41) is 9.28. The second kappa shape index (κ2) is 5.19. The maximum Gasteiger partial charge on any atom is 0.356 e. The number of hydrogen-bond acceptors (Lipinski definition) is 7. The van der Waals surface area contributed by atoms with Crippen molar-refractivity contribution in [3.8, 4) is 0 Å². The van der Waals surface area contributed by atoms with E-state index in [9.17, 15) is 4.79 Å². The summed E-state index contributed by atoms with van der Waals surface area (Å²) >= 11 is 2.62. The molecule has 0 fully saturated rings. The van der Waals surface area contributed by atoms with Crippen LogP contribution in [0, 0.1) is 0 Å². The van der Waals surface area contributed by atoms with Gasteiger partial charge in [0.1, 0.15) is 10.9 Å². The summed E-state index contributed by atoms with van der Waals surface area (Å²) in [4.78, 5) is 22.6. The second-order valence-electron chi connectivity index (χ2n) is 2.98. The van der Waals surface area contributed by atoms with Gasteiger partial charge in [-0.1, -0.05) is 6.92 Å². The van der Waals surface area contributed by atoms with E-state index in [1.165, 1.54) is 35.7 Å². The lowest BCUT2D eigenvalue weighted by Crippen LogP contribution is -2.00. The lowest BCUT2D eigenvalue weighted by molar-refractivity contribution is 0.0689. The van der Waals surface area contributed by atoms with Crippen LogP contribution in [-0.2, 0) is 6.42 Å². The van der Waals surface area contributed by atoms with Crippen LogP contribution >= 0.6 is 23.3 Å². The van der Waals surface area contributed by atoms with Crippen molar-refractivity contribution in [2.24, 2.45) is 0 Å². The molecule has 0 unspecified atom stereocenters. The zero-order valence-corrected chi connectivity index (χ0v) is 10.5. The van der Waals surface area contributed by atoms with Crippen molar-refractivity contribution in [3.63, 3.8) is 0 Å². The third-order valence-electron chi connectivity index (χ3n) is 1.80. The highest BCUT2D eigenvalue weighted by molar-refractivity contribution is 8.00. The van der Waals surface area contributed by atoms with Crippen molar-refractivity contribution in [2.45, 2.75) is 22.7 Å². The minimum absolute atomic E-state index is 0.0686. The fourth-order valence-electron chi connectivity index (χ4n) is 0.992. The van der Waals surface area contributed by atoms with E-state index in [0.29, 0.717) is 5.03 Å². The Bertz CT molecular complexity index is 526. The van der Waals surface area contributed by atoms with Crippen LogP contribution in [0.3, 0.4) is 0 Å². The van der Waals surface area contributed by atoms with E-state index in [-0.39, 0.29) is 5.69 Å². The van der Waals surface area contributed by atoms with Crippen LogP contribution in [0.5, 0.6) is 0 Å². The van der Waals surface area contributed by atoms with Crippen LogP contribution in [0.15, 0.2) is 21.8 Å². The van der Waals surface area contributed by atoms with Gasteiger partial charge >= 0.3 is 5.97 Å². The average Bonchev–Trinajstić information content (AvgIpc) is 2.77. The number of hydrogen-bond donors (Lipinski definition) is 1. The van der Waals surface area contributed by atoms with Crippen molar-refractivity contribution in [1.29, 1.82) is 0 Å². The molecule has 1 N–H and O–H groups in total. The molecule has 0 aliphatic heterocycles. The first kappa shape index (κ1) is 11.9. The fraction of sp³-hybridized carbons (Fsp3) is 0.222. The van der Waals surface area contributed by atoms with Crippen LogP contribution < -0.4 is 0 Å². The molecule has 0 saturated carbocycles. The van der Waals surface area contributed by atoms with E-state index in [1.54, 1.807) is 0 Å². The number of carboxylic acids is 1. The standard InChI is InChI=1S/C9H8N4O2S2/c1-2-6-12-9(17-13-6)16-7-4-10-5(3-11-7)8(14)15/h3-4H,2H2,1H3,(H,14,15). The molecule has 0 aliphatic carbocycles. The molecule has 2 aromatic heterocycles. The molecule has 0 amide bonds. The van der Waals surface area contributed by atoms with Gasteiger partial charge in [-0.3, -0.25) is 0 Å². The third-order valence-corrected chi connectivity index (χ3v) is 3.51. The summed E-state index contributed by atoms with van der Waals surface area (Å²) in [7, 11) is 0. The number of rotatable bonds is 4. The van der Waals surface area contributed by atoms with Gasteiger partial charge in [0.2, 0.25) is 0 Å². The van der Waals surface area contributed by atoms with Gasteiger partial charge in [-0.2, -0.15) is 4.37 Å². The first-order valence-electron chi connectivity index (χ1n) is 4.75. The normalized spacial score (nSPS) is 10.4. The predicted molar refractivity (Wildman–Crippen MR) is 62.4 cm³/mol. The molecule has 8 heteroatoms. The van der Waals surface area contributed by atoms with E-state index in [2.05, 4.69) is 19.3 Å². The maximum atomic E-state index is 10.6. The molecule has 0 radical (unpaired) electrons. The monoisotopic (exact) mass is 268 g/mol. The van der Waals surface area contributed by atoms with Crippen LogP contribution in [0.25, 0.3) is 0 Å². The summed E-state index contributed by atoms with van der Waals surface area (Å²) in [6.45, 7) is 1.98. The van der Waals surface area contributed by atoms with Crippen molar-refractivity contribution in [3.05, 3.63) is 23.9 Å². The Balaban J connectivity index is 2.10. The Hall–Kier alpha value is -1.54. The zero-order valence-electron chi connectivity index (χ0n) is 8.82. The molecular formula is C9H8N4O2S2. The molecule has 0 aliphatic rings. The maximum absolute atomic E-state index is 10.6. The summed E-state index contributed by atoms with van der Waals surface area (Å²) in [5.74, 6) is -0.286. The minimum Gasteiger partial charge on any atom is -0.476 e. The van der Waals surface area contributed by atoms with Crippen LogP contribution in [0.1, 0.15) is 23.2 Å². The minimum atomic E-state index is -1.08. The van der Waals surface area contributed by atoms with Crippen molar-refractivity contribution < 1.29 is 9.90 Å². The Morgan fingerprint density at radius 2 is 2.29 bits per heavy atom. The molecule has 2 heterocycles. The van der Waals surface area contributed by atoms with Gasteiger partial charge in [0.15, 0.2) is 10.0 Å². The smallest absolute Gasteiger partial charge is 0.356 e. The van der Waals surface area contributed by atoms with E-state index in [0.717, 1.165) is 16.6 Å². The number of aryl methyl sites for hydroxylation is 1. The zero-order chi connectivity index (χ0) is 12.3. The second-order valence-corrected chi connectivity index (χ2v) is 5.00. The topological polar surface area (TPSA) is 88.9 Å². The van der Waals surface area contributed by atoms with Gasteiger partial charge in [0.05, 0.1) is 12.4 Å². The Morgan fingerprint density at radius 3 is 2.82 bits per heavy atom. The molecule has 17 heavy (non-hydrogen) atoms. The number of aromatic carboxylic acids is 1. The third kappa shape index (κ3) is 2.98. The number of aromatic nitrogens is 4. The molecule has 0 saturated heterocycles. The Morgan fingerprint density at radius 1 is 1.47 bits per heavy atom. The van der Waals surface area contributed by atoms with Crippen molar-refractivity contribution in [2.75, 3.05) is 0 Å². The Kier molecular flexibility index (Phi) is 3.64. The average molecular weight is 268 g/mol. The van der Waals surface area contributed by atoms with Crippen LogP contribution in [-0.4, -0.2) is 30.4 Å². The largest absolute Gasteiger partial charge is 0.476 e. The first-order chi connectivity index (χ1) is 8.19. The molecular weight excluding hydrogens is 260 g/mol. The summed E-state index contributed by atoms with van der Waals surface area (Å²) in [5.41, 5.74) is -0.0686. The summed E-state index contributed by atoms with van der Waals surface area (Å²) in [6.07, 6.45) is 3.44. The molecule has 2 rings (SSSR count). The van der Waals surface area contributed by atoms with Crippen molar-refractivity contribution in [1.82, 2.24) is 19.3 Å². The molecule has 6 nitrogen and oxygen atoms in total.